The number of rotatable bonds is 2. The van der Waals surface area contributed by atoms with E-state index in [1.54, 1.807) is 36.7 Å². The molecule has 0 aliphatic heterocycles. The quantitative estimate of drug-likeness (QED) is 0.674. The maximum Gasteiger partial charge on any atom is 0.166 e. The van der Waals surface area contributed by atoms with E-state index in [1.807, 2.05) is 6.07 Å². The van der Waals surface area contributed by atoms with Crippen LogP contribution in [0.5, 0.6) is 5.75 Å². The van der Waals surface area contributed by atoms with Crippen LogP contribution in [0, 0.1) is 0 Å². The lowest BCUT2D eigenvalue weighted by atomic mass is 10.0. The Morgan fingerprint density at radius 2 is 1.94 bits per heavy atom. The lowest BCUT2D eigenvalue weighted by Gasteiger charge is -2.01. The summed E-state index contributed by atoms with van der Waals surface area (Å²) >= 11 is 0. The van der Waals surface area contributed by atoms with Crippen molar-refractivity contribution in [2.75, 3.05) is 0 Å². The Morgan fingerprint density at radius 3 is 2.67 bits per heavy atom. The minimum absolute atomic E-state index is 0.202. The summed E-state index contributed by atoms with van der Waals surface area (Å²) in [7, 11) is 0. The molecule has 3 aromatic rings. The van der Waals surface area contributed by atoms with Crippen LogP contribution in [0.4, 0.5) is 0 Å². The summed E-state index contributed by atoms with van der Waals surface area (Å²) in [6.45, 7) is 0. The molecule has 0 radical (unpaired) electrons. The van der Waals surface area contributed by atoms with Gasteiger partial charge in [0.25, 0.3) is 0 Å². The third-order valence-corrected chi connectivity index (χ3v) is 2.90. The largest absolute Gasteiger partial charge is 0.508 e. The Hall–Kier alpha value is -2.62. The molecule has 2 heterocycles. The van der Waals surface area contributed by atoms with E-state index < -0.39 is 0 Å². The number of H-pyrrole nitrogens is 1. The molecule has 3 rings (SSSR count). The van der Waals surface area contributed by atoms with Gasteiger partial charge in [-0.25, -0.2) is 0 Å². The van der Waals surface area contributed by atoms with E-state index in [4.69, 9.17) is 0 Å². The van der Waals surface area contributed by atoms with Crippen molar-refractivity contribution >= 4 is 17.2 Å². The van der Waals surface area contributed by atoms with E-state index >= 15 is 0 Å². The lowest BCUT2D eigenvalue weighted by Crippen LogP contribution is -1.84. The summed E-state index contributed by atoms with van der Waals surface area (Å²) in [6.07, 6.45) is 4.17. The molecule has 2 N–H and O–H groups in total. The van der Waals surface area contributed by atoms with E-state index in [1.165, 1.54) is 0 Å². The van der Waals surface area contributed by atoms with Crippen LogP contribution in [0.15, 0.2) is 42.7 Å². The topological polar surface area (TPSA) is 66.0 Å². The Bertz CT molecular complexity index is 714. The van der Waals surface area contributed by atoms with Crippen molar-refractivity contribution in [1.29, 1.82) is 0 Å². The van der Waals surface area contributed by atoms with Crippen molar-refractivity contribution in [3.8, 4) is 16.9 Å². The molecule has 4 heteroatoms. The number of hydrogen-bond donors (Lipinski definition) is 2. The summed E-state index contributed by atoms with van der Waals surface area (Å²) in [5.74, 6) is 0.202. The molecule has 0 atom stereocenters. The molecule has 4 nitrogen and oxygen atoms in total. The van der Waals surface area contributed by atoms with Gasteiger partial charge in [0.2, 0.25) is 0 Å². The van der Waals surface area contributed by atoms with Crippen molar-refractivity contribution in [1.82, 2.24) is 9.97 Å². The zero-order valence-electron chi connectivity index (χ0n) is 9.42. The second-order valence-electron chi connectivity index (χ2n) is 4.00. The monoisotopic (exact) mass is 238 g/mol. The summed E-state index contributed by atoms with van der Waals surface area (Å²) in [6, 6.07) is 8.63. The van der Waals surface area contributed by atoms with Crippen LogP contribution in [0.3, 0.4) is 0 Å². The molecule has 1 aromatic carbocycles. The van der Waals surface area contributed by atoms with E-state index in [0.29, 0.717) is 5.69 Å². The van der Waals surface area contributed by atoms with Gasteiger partial charge in [-0.05, 0) is 23.8 Å². The maximum absolute atomic E-state index is 11.1. The number of carbonyl (C=O) groups excluding carboxylic acids is 1. The van der Waals surface area contributed by atoms with Crippen LogP contribution >= 0.6 is 0 Å². The number of phenolic OH excluding ortho intramolecular Hbond substituents is 1. The molecule has 0 aliphatic rings. The molecular formula is C14H10N2O2. The first-order valence-electron chi connectivity index (χ1n) is 5.50. The van der Waals surface area contributed by atoms with Gasteiger partial charge in [-0.1, -0.05) is 12.1 Å². The molecule has 18 heavy (non-hydrogen) atoms. The highest BCUT2D eigenvalue weighted by atomic mass is 16.3. The molecule has 2 aromatic heterocycles. The predicted molar refractivity (Wildman–Crippen MR) is 68.6 cm³/mol. The number of aldehydes is 1. The van der Waals surface area contributed by atoms with Crippen molar-refractivity contribution < 1.29 is 9.90 Å². The van der Waals surface area contributed by atoms with Crippen LogP contribution in [0.2, 0.25) is 0 Å². The van der Waals surface area contributed by atoms with Crippen molar-refractivity contribution in [2.45, 2.75) is 0 Å². The fourth-order valence-corrected chi connectivity index (χ4v) is 2.09. The van der Waals surface area contributed by atoms with Gasteiger partial charge in [-0.3, -0.25) is 9.78 Å². The summed E-state index contributed by atoms with van der Waals surface area (Å²) in [5.41, 5.74) is 3.06. The second kappa shape index (κ2) is 4.00. The number of phenols is 1. The lowest BCUT2D eigenvalue weighted by molar-refractivity contribution is 0.112. The summed E-state index contributed by atoms with van der Waals surface area (Å²) in [4.78, 5) is 18.2. The first-order valence-corrected chi connectivity index (χ1v) is 5.50. The molecule has 0 fully saturated rings. The first kappa shape index (κ1) is 10.5. The number of aromatic nitrogens is 2. The average Bonchev–Trinajstić information content (AvgIpc) is 2.78. The first-order chi connectivity index (χ1) is 8.79. The number of benzene rings is 1. The van der Waals surface area contributed by atoms with Gasteiger partial charge < -0.3 is 10.1 Å². The van der Waals surface area contributed by atoms with Crippen molar-refractivity contribution in [3.63, 3.8) is 0 Å². The Morgan fingerprint density at radius 1 is 1.17 bits per heavy atom. The van der Waals surface area contributed by atoms with Gasteiger partial charge in [-0.2, -0.15) is 0 Å². The number of nitrogens with zero attached hydrogens (tertiary/aromatic N) is 1. The zero-order chi connectivity index (χ0) is 12.5. The van der Waals surface area contributed by atoms with Gasteiger partial charge in [0.05, 0.1) is 17.4 Å². The Kier molecular flexibility index (Phi) is 2.34. The normalized spacial score (nSPS) is 10.7. The van der Waals surface area contributed by atoms with Gasteiger partial charge in [0.1, 0.15) is 5.75 Å². The Labute approximate surface area is 103 Å². The number of fused-ring (bicyclic) bond motifs is 1. The van der Waals surface area contributed by atoms with Gasteiger partial charge in [0, 0.05) is 17.1 Å². The van der Waals surface area contributed by atoms with Gasteiger partial charge >= 0.3 is 0 Å². The van der Waals surface area contributed by atoms with Gasteiger partial charge in [0.15, 0.2) is 6.29 Å². The number of aromatic hydroxyl groups is 1. The van der Waals surface area contributed by atoms with E-state index in [-0.39, 0.29) is 5.75 Å². The van der Waals surface area contributed by atoms with E-state index in [9.17, 15) is 9.90 Å². The highest BCUT2D eigenvalue weighted by molar-refractivity contribution is 6.03. The maximum atomic E-state index is 11.1. The van der Waals surface area contributed by atoms with Crippen LogP contribution in [-0.4, -0.2) is 21.4 Å². The number of aromatic amines is 1. The molecule has 88 valence electrons. The fraction of sp³-hybridized carbons (Fsp3) is 0. The molecular weight excluding hydrogens is 228 g/mol. The SMILES string of the molecule is O=Cc1[nH]c2cnccc2c1-c1ccc(O)cc1. The smallest absolute Gasteiger partial charge is 0.166 e. The minimum Gasteiger partial charge on any atom is -0.508 e. The van der Waals surface area contributed by atoms with E-state index in [0.717, 1.165) is 28.3 Å². The molecule has 0 aliphatic carbocycles. The van der Waals surface area contributed by atoms with E-state index in [2.05, 4.69) is 9.97 Å². The number of nitrogens with one attached hydrogen (secondary N) is 1. The minimum atomic E-state index is 0.202. The molecule has 0 spiro atoms. The third-order valence-electron chi connectivity index (χ3n) is 2.90. The summed E-state index contributed by atoms with van der Waals surface area (Å²) < 4.78 is 0. The highest BCUT2D eigenvalue weighted by Crippen LogP contribution is 2.31. The molecule has 0 unspecified atom stereocenters. The molecule has 0 amide bonds. The number of hydrogen-bond acceptors (Lipinski definition) is 3. The predicted octanol–water partition coefficient (Wildman–Crippen LogP) is 2.75. The summed E-state index contributed by atoms with van der Waals surface area (Å²) in [5, 5.41) is 10.2. The Balaban J connectivity index is 2.32. The highest BCUT2D eigenvalue weighted by Gasteiger charge is 2.12. The molecule has 0 saturated carbocycles. The van der Waals surface area contributed by atoms with Crippen LogP contribution < -0.4 is 0 Å². The molecule has 0 saturated heterocycles. The number of carbonyl (C=O) groups is 1. The average molecular weight is 238 g/mol. The zero-order valence-corrected chi connectivity index (χ0v) is 9.42. The van der Waals surface area contributed by atoms with Crippen LogP contribution in [0.25, 0.3) is 22.0 Å². The van der Waals surface area contributed by atoms with Crippen LogP contribution in [-0.2, 0) is 0 Å². The number of pyridine rings is 1. The van der Waals surface area contributed by atoms with Crippen molar-refractivity contribution in [2.24, 2.45) is 0 Å². The second-order valence-corrected chi connectivity index (χ2v) is 4.00. The van der Waals surface area contributed by atoms with Crippen molar-refractivity contribution in [3.05, 3.63) is 48.4 Å². The fourth-order valence-electron chi connectivity index (χ4n) is 2.09. The standard InChI is InChI=1S/C14H10N2O2/c17-8-13-14(9-1-3-10(18)4-2-9)11-5-6-15-7-12(11)16-13/h1-8,16,18H. The van der Waals surface area contributed by atoms with Gasteiger partial charge in [-0.15, -0.1) is 0 Å². The molecule has 0 bridgehead atoms. The third kappa shape index (κ3) is 1.55. The van der Waals surface area contributed by atoms with Crippen LogP contribution in [0.1, 0.15) is 10.5 Å².